The highest BCUT2D eigenvalue weighted by Crippen LogP contribution is 2.46. The number of alkyl halides is 2. The lowest BCUT2D eigenvalue weighted by molar-refractivity contribution is -0.136. The van der Waals surface area contributed by atoms with Crippen molar-refractivity contribution in [2.24, 2.45) is 40.3 Å². The van der Waals surface area contributed by atoms with E-state index in [2.05, 4.69) is 92.4 Å². The first kappa shape index (κ1) is 48.0. The smallest absolute Gasteiger partial charge is 0.407 e. The molecule has 2 fully saturated rings. The van der Waals surface area contributed by atoms with Gasteiger partial charge in [0.15, 0.2) is 0 Å². The van der Waals surface area contributed by atoms with Gasteiger partial charge in [-0.3, -0.25) is 14.6 Å². The minimum atomic E-state index is -1.23. The summed E-state index contributed by atoms with van der Waals surface area (Å²) in [6, 6.07) is 10.6. The molecule has 0 bridgehead atoms. The summed E-state index contributed by atoms with van der Waals surface area (Å²) in [6.07, 6.45) is 5.17. The standard InChI is InChI=1S/C52H71F2N7O4/c1-11-32-17-30(8)31(9)40-19-35(42-21-33(12-2)48(57-42)44-22-37(53)25-60(44)50(62)46(55)27(3)4)15-16-39(40)41(32)20-36-18-34(14-13-29(36)7)43-24-56-49(58-43)45-23-38(54)26-61(45)51(63)47(28(5)6)59-52(64)65-10/h13-16,18-20,24,27-28,30-33,37-38,44-48H,11-12,17,21-23,25-26,55H2,1-10H3,(H,56,58)(H,59,64)/b41-20+. The van der Waals surface area contributed by atoms with Gasteiger partial charge in [-0.05, 0) is 107 Å². The molecule has 2 saturated heterocycles. The Bertz CT molecular complexity index is 2290. The fraction of sp³-hybridized carbons (Fsp3) is 0.596. The first-order chi connectivity index (χ1) is 30.9. The molecule has 65 heavy (non-hydrogen) atoms. The molecule has 4 aliphatic rings. The van der Waals surface area contributed by atoms with Crippen LogP contribution in [0.2, 0.25) is 0 Å². The summed E-state index contributed by atoms with van der Waals surface area (Å²) in [6.45, 7) is 18.8. The lowest BCUT2D eigenvalue weighted by Gasteiger charge is -2.33. The van der Waals surface area contributed by atoms with Gasteiger partial charge in [0, 0.05) is 24.1 Å². The fourth-order valence-corrected chi connectivity index (χ4v) is 10.8. The minimum Gasteiger partial charge on any atom is -0.453 e. The van der Waals surface area contributed by atoms with E-state index in [1.54, 1.807) is 11.1 Å². The summed E-state index contributed by atoms with van der Waals surface area (Å²) in [5.74, 6) is 0.928. The maximum atomic E-state index is 15.1. The average molecular weight is 896 g/mol. The van der Waals surface area contributed by atoms with Gasteiger partial charge in [0.1, 0.15) is 24.2 Å². The predicted molar refractivity (Wildman–Crippen MR) is 254 cm³/mol. The molecule has 3 aliphatic heterocycles. The van der Waals surface area contributed by atoms with Crippen molar-refractivity contribution in [3.05, 3.63) is 76.2 Å². The zero-order valence-corrected chi connectivity index (χ0v) is 40.0. The van der Waals surface area contributed by atoms with Gasteiger partial charge in [-0.15, -0.1) is 0 Å². The van der Waals surface area contributed by atoms with Crippen LogP contribution in [-0.2, 0) is 14.3 Å². The number of aryl methyl sites for hydroxylation is 1. The molecule has 0 saturated carbocycles. The van der Waals surface area contributed by atoms with Gasteiger partial charge in [0.05, 0.1) is 56.3 Å². The second kappa shape index (κ2) is 19.9. The summed E-state index contributed by atoms with van der Waals surface area (Å²) >= 11 is 0. The van der Waals surface area contributed by atoms with Gasteiger partial charge in [-0.2, -0.15) is 0 Å². The van der Waals surface area contributed by atoms with E-state index in [1.165, 1.54) is 28.7 Å². The third-order valence-corrected chi connectivity index (χ3v) is 15.1. The highest BCUT2D eigenvalue weighted by atomic mass is 19.1. The number of amides is 3. The number of halogens is 2. The van der Waals surface area contributed by atoms with Crippen molar-refractivity contribution in [2.45, 2.75) is 149 Å². The van der Waals surface area contributed by atoms with Gasteiger partial charge in [-0.25, -0.2) is 18.6 Å². The van der Waals surface area contributed by atoms with Crippen LogP contribution in [-0.4, -0.2) is 100 Å². The molecule has 11 atom stereocenters. The second-order valence-corrected chi connectivity index (χ2v) is 20.1. The van der Waals surface area contributed by atoms with Crippen LogP contribution in [0, 0.1) is 36.5 Å². The molecule has 352 valence electrons. The molecule has 11 nitrogen and oxygen atoms in total. The number of nitrogens with one attached hydrogen (secondary N) is 2. The number of H-pyrrole nitrogens is 1. The van der Waals surface area contributed by atoms with E-state index < -0.39 is 36.6 Å². The Labute approximate surface area is 384 Å². The Morgan fingerprint density at radius 3 is 2.32 bits per heavy atom. The van der Waals surface area contributed by atoms with Crippen molar-refractivity contribution in [3.63, 3.8) is 0 Å². The van der Waals surface area contributed by atoms with Crippen molar-refractivity contribution in [1.29, 1.82) is 0 Å². The number of aromatic amines is 1. The van der Waals surface area contributed by atoms with Crippen LogP contribution in [0.15, 0.2) is 47.6 Å². The van der Waals surface area contributed by atoms with Crippen molar-refractivity contribution in [3.8, 4) is 11.3 Å². The second-order valence-electron chi connectivity index (χ2n) is 20.1. The number of fused-ring (bicyclic) bond motifs is 1. The van der Waals surface area contributed by atoms with Gasteiger partial charge < -0.3 is 30.6 Å². The summed E-state index contributed by atoms with van der Waals surface area (Å²) in [7, 11) is 1.25. The number of alkyl carbamates (subject to hydrolysis) is 1. The molecule has 0 radical (unpaired) electrons. The molecule has 4 N–H and O–H groups in total. The third kappa shape index (κ3) is 9.81. The summed E-state index contributed by atoms with van der Waals surface area (Å²) < 4.78 is 34.9. The number of allylic oxidation sites excluding steroid dienone is 1. The van der Waals surface area contributed by atoms with E-state index in [0.717, 1.165) is 59.3 Å². The first-order valence-electron chi connectivity index (χ1n) is 24.0. The van der Waals surface area contributed by atoms with Gasteiger partial charge in [-0.1, -0.05) is 92.2 Å². The molecule has 2 aromatic carbocycles. The van der Waals surface area contributed by atoms with Crippen molar-refractivity contribution >= 4 is 35.3 Å². The Morgan fingerprint density at radius 1 is 0.938 bits per heavy atom. The predicted octanol–water partition coefficient (Wildman–Crippen LogP) is 9.60. The largest absolute Gasteiger partial charge is 0.453 e. The van der Waals surface area contributed by atoms with Crippen LogP contribution in [0.25, 0.3) is 22.9 Å². The maximum absolute atomic E-state index is 15.1. The van der Waals surface area contributed by atoms with E-state index in [1.807, 2.05) is 27.7 Å². The van der Waals surface area contributed by atoms with Crippen LogP contribution in [0.3, 0.4) is 0 Å². The zero-order chi connectivity index (χ0) is 47.0. The van der Waals surface area contributed by atoms with Crippen LogP contribution >= 0.6 is 0 Å². The molecule has 0 spiro atoms. The third-order valence-electron chi connectivity index (χ3n) is 15.1. The lowest BCUT2D eigenvalue weighted by Crippen LogP contribution is -2.51. The molecular weight excluding hydrogens is 825 g/mol. The molecule has 11 unspecified atom stereocenters. The van der Waals surface area contributed by atoms with Gasteiger partial charge in [0.25, 0.3) is 0 Å². The number of nitrogens with two attached hydrogens (primary N) is 1. The SMILES string of the molecule is CCC1CC(C)C(C)c2cc(C3=NC(C4CC(F)CN4C(=O)C(N)C(C)C)C(CC)C3)ccc2/C1=C/c1cc(-c2cnc(C3CC(F)CN3C(=O)C(NC(=O)OC)C(C)C)[nH]2)ccc1C. The molecule has 7 rings (SSSR count). The van der Waals surface area contributed by atoms with Crippen LogP contribution in [0.5, 0.6) is 0 Å². The number of aromatic nitrogens is 2. The molecule has 13 heteroatoms. The number of methoxy groups -OCH3 is 1. The zero-order valence-electron chi connectivity index (χ0n) is 40.0. The molecule has 3 amide bonds. The number of carbonyl (C=O) groups excluding carboxylic acids is 3. The number of aliphatic imine (C=N–C) groups is 1. The van der Waals surface area contributed by atoms with E-state index in [0.29, 0.717) is 23.6 Å². The number of benzene rings is 2. The van der Waals surface area contributed by atoms with Crippen molar-refractivity contribution in [2.75, 3.05) is 20.2 Å². The average Bonchev–Trinajstić information content (AvgIpc) is 4.10. The van der Waals surface area contributed by atoms with Crippen LogP contribution in [0.4, 0.5) is 13.6 Å². The van der Waals surface area contributed by atoms with E-state index in [4.69, 9.17) is 15.5 Å². The van der Waals surface area contributed by atoms with E-state index >= 15 is 8.78 Å². The lowest BCUT2D eigenvalue weighted by atomic mass is 9.84. The molecule has 1 aromatic heterocycles. The number of hydrogen-bond acceptors (Lipinski definition) is 7. The number of imidazole rings is 1. The topological polar surface area (TPSA) is 146 Å². The number of ether oxygens (including phenoxy) is 1. The summed E-state index contributed by atoms with van der Waals surface area (Å²) in [5, 5.41) is 2.63. The number of carbonyl (C=O) groups is 3. The summed E-state index contributed by atoms with van der Waals surface area (Å²) in [5.41, 5.74) is 16.2. The Kier molecular flexibility index (Phi) is 14.7. The summed E-state index contributed by atoms with van der Waals surface area (Å²) in [4.78, 5) is 56.1. The Morgan fingerprint density at radius 2 is 1.65 bits per heavy atom. The van der Waals surface area contributed by atoms with Crippen LogP contribution < -0.4 is 11.1 Å². The van der Waals surface area contributed by atoms with Gasteiger partial charge in [0.2, 0.25) is 11.8 Å². The van der Waals surface area contributed by atoms with E-state index in [9.17, 15) is 14.4 Å². The van der Waals surface area contributed by atoms with Crippen LogP contribution in [0.1, 0.15) is 140 Å². The monoisotopic (exact) mass is 896 g/mol. The molecule has 4 heterocycles. The highest BCUT2D eigenvalue weighted by Gasteiger charge is 2.46. The van der Waals surface area contributed by atoms with Gasteiger partial charge >= 0.3 is 6.09 Å². The highest BCUT2D eigenvalue weighted by molar-refractivity contribution is 6.03. The fourth-order valence-electron chi connectivity index (χ4n) is 10.8. The Hall–Kier alpha value is -4.91. The normalized spacial score (nSPS) is 28.4. The molecule has 3 aromatic rings. The number of rotatable bonds is 12. The number of nitrogens with zero attached hydrogens (tertiary/aromatic N) is 4. The van der Waals surface area contributed by atoms with Crippen molar-refractivity contribution in [1.82, 2.24) is 25.1 Å². The number of hydrogen-bond donors (Lipinski definition) is 3. The molecular formula is C52H71F2N7O4. The Balaban J connectivity index is 1.20. The minimum absolute atomic E-state index is 0.0384. The molecule has 1 aliphatic carbocycles. The number of likely N-dealkylation sites (tertiary alicyclic amines) is 2. The van der Waals surface area contributed by atoms with Crippen molar-refractivity contribution < 1.29 is 27.9 Å². The maximum Gasteiger partial charge on any atom is 0.407 e. The quantitative estimate of drug-likeness (QED) is 0.155. The first-order valence-corrected chi connectivity index (χ1v) is 24.0. The van der Waals surface area contributed by atoms with E-state index in [-0.39, 0.29) is 67.6 Å².